The van der Waals surface area contributed by atoms with E-state index in [9.17, 15) is 0 Å². The van der Waals surface area contributed by atoms with Crippen LogP contribution in [0.25, 0.3) is 0 Å². The van der Waals surface area contributed by atoms with Crippen LogP contribution in [0.15, 0.2) is 12.3 Å². The van der Waals surface area contributed by atoms with Gasteiger partial charge in [0, 0.05) is 5.56 Å². The Morgan fingerprint density at radius 1 is 1.64 bits per heavy atom. The zero-order valence-corrected chi connectivity index (χ0v) is 6.15. The fourth-order valence-electron chi connectivity index (χ4n) is 0.815. The average molecular weight is 154 g/mol. The zero-order chi connectivity index (χ0) is 8.43. The number of aromatic hydroxyl groups is 1. The van der Waals surface area contributed by atoms with E-state index in [2.05, 4.69) is 4.98 Å². The highest BCUT2D eigenvalue weighted by atomic mass is 16.3. The number of hydrogen-bond donors (Lipinski definition) is 3. The number of nitrogens with zero attached hydrogens (tertiary/aromatic N) is 1. The molecule has 0 aliphatic rings. The molecule has 0 saturated heterocycles. The van der Waals surface area contributed by atoms with Gasteiger partial charge in [0.05, 0.1) is 12.3 Å². The number of nitrogens with two attached hydrogens (primary N) is 1. The van der Waals surface area contributed by atoms with E-state index < -0.39 is 6.10 Å². The van der Waals surface area contributed by atoms with Crippen molar-refractivity contribution in [3.05, 3.63) is 17.8 Å². The minimum Gasteiger partial charge on any atom is -0.506 e. The molecule has 0 bridgehead atoms. The molecule has 11 heavy (non-hydrogen) atoms. The van der Waals surface area contributed by atoms with E-state index >= 15 is 0 Å². The fraction of sp³-hybridized carbons (Fsp3) is 0.286. The number of aliphatic hydroxyl groups excluding tert-OH is 1. The highest BCUT2D eigenvalue weighted by molar-refractivity contribution is 5.43. The average Bonchev–Trinajstić information content (AvgIpc) is 1.94. The van der Waals surface area contributed by atoms with Crippen LogP contribution in [0.3, 0.4) is 0 Å². The van der Waals surface area contributed by atoms with Gasteiger partial charge in [0.1, 0.15) is 11.6 Å². The number of rotatable bonds is 1. The summed E-state index contributed by atoms with van der Waals surface area (Å²) in [5, 5.41) is 18.1. The number of hydrogen-bond acceptors (Lipinski definition) is 4. The summed E-state index contributed by atoms with van der Waals surface area (Å²) in [6.45, 7) is 1.56. The van der Waals surface area contributed by atoms with Crippen LogP contribution in [0.1, 0.15) is 18.6 Å². The Balaban J connectivity index is 3.13. The molecule has 0 radical (unpaired) electrons. The molecule has 1 aromatic heterocycles. The summed E-state index contributed by atoms with van der Waals surface area (Å²) < 4.78 is 0. The van der Waals surface area contributed by atoms with Gasteiger partial charge in [-0.3, -0.25) is 0 Å². The van der Waals surface area contributed by atoms with Crippen LogP contribution in [0.2, 0.25) is 0 Å². The summed E-state index contributed by atoms with van der Waals surface area (Å²) in [5.41, 5.74) is 5.86. The van der Waals surface area contributed by atoms with Crippen molar-refractivity contribution >= 4 is 5.82 Å². The summed E-state index contributed by atoms with van der Waals surface area (Å²) in [5.74, 6) is 0.257. The predicted octanol–water partition coefficient (Wildman–Crippen LogP) is 0.423. The van der Waals surface area contributed by atoms with Crippen LogP contribution in [0, 0.1) is 0 Å². The quantitative estimate of drug-likeness (QED) is 0.547. The van der Waals surface area contributed by atoms with Gasteiger partial charge >= 0.3 is 0 Å². The van der Waals surface area contributed by atoms with E-state index in [0.717, 1.165) is 0 Å². The number of aliphatic hydroxyl groups is 1. The van der Waals surface area contributed by atoms with Crippen molar-refractivity contribution in [1.82, 2.24) is 4.98 Å². The summed E-state index contributed by atoms with van der Waals surface area (Å²) >= 11 is 0. The molecule has 0 fully saturated rings. The summed E-state index contributed by atoms with van der Waals surface area (Å²) in [6.07, 6.45) is 0.538. The molecular weight excluding hydrogens is 144 g/mol. The number of anilines is 1. The molecule has 0 spiro atoms. The number of pyridine rings is 1. The molecule has 0 amide bonds. The van der Waals surface area contributed by atoms with Gasteiger partial charge in [-0.15, -0.1) is 0 Å². The topological polar surface area (TPSA) is 79.4 Å². The van der Waals surface area contributed by atoms with Crippen molar-refractivity contribution in [2.45, 2.75) is 13.0 Å². The van der Waals surface area contributed by atoms with Crippen LogP contribution >= 0.6 is 0 Å². The minimum atomic E-state index is -0.699. The molecule has 4 N–H and O–H groups in total. The molecule has 1 rings (SSSR count). The van der Waals surface area contributed by atoms with E-state index in [1.165, 1.54) is 12.3 Å². The maximum Gasteiger partial charge on any atom is 0.134 e. The second-order valence-corrected chi connectivity index (χ2v) is 2.34. The molecule has 0 saturated carbocycles. The molecule has 60 valence electrons. The Bertz CT molecular complexity index is 261. The molecular formula is C7H10N2O2. The van der Waals surface area contributed by atoms with Crippen molar-refractivity contribution < 1.29 is 10.2 Å². The molecule has 1 heterocycles. The Labute approximate surface area is 64.3 Å². The lowest BCUT2D eigenvalue weighted by Gasteiger charge is -2.06. The van der Waals surface area contributed by atoms with Gasteiger partial charge in [0.2, 0.25) is 0 Å². The summed E-state index contributed by atoms with van der Waals surface area (Å²) in [6, 6.07) is 1.40. The van der Waals surface area contributed by atoms with Gasteiger partial charge in [-0.2, -0.15) is 0 Å². The fourth-order valence-corrected chi connectivity index (χ4v) is 0.815. The van der Waals surface area contributed by atoms with E-state index in [0.29, 0.717) is 5.56 Å². The minimum absolute atomic E-state index is 0.00935. The third-order valence-corrected chi connectivity index (χ3v) is 1.39. The second kappa shape index (κ2) is 2.75. The first-order valence-corrected chi connectivity index (χ1v) is 3.23. The lowest BCUT2D eigenvalue weighted by atomic mass is 10.1. The van der Waals surface area contributed by atoms with Crippen molar-refractivity contribution in [3.8, 4) is 5.75 Å². The summed E-state index contributed by atoms with van der Waals surface area (Å²) in [7, 11) is 0. The lowest BCUT2D eigenvalue weighted by molar-refractivity contribution is 0.199. The van der Waals surface area contributed by atoms with Gasteiger partial charge in [-0.1, -0.05) is 0 Å². The standard InChI is InChI=1S/C7H10N2O2/c1-4(10)6-2-5(11)3-9-7(6)8/h2-4,10-11H,1H3,(H2,8,9). The highest BCUT2D eigenvalue weighted by Crippen LogP contribution is 2.21. The molecule has 4 nitrogen and oxygen atoms in total. The van der Waals surface area contributed by atoms with Crippen LogP contribution in [0.4, 0.5) is 5.82 Å². The molecule has 1 atom stereocenters. The maximum absolute atomic E-state index is 9.10. The van der Waals surface area contributed by atoms with Gasteiger partial charge < -0.3 is 15.9 Å². The first-order chi connectivity index (χ1) is 5.11. The van der Waals surface area contributed by atoms with Crippen LogP contribution in [-0.2, 0) is 0 Å². The molecule has 0 aromatic carbocycles. The monoisotopic (exact) mass is 154 g/mol. The molecule has 4 heteroatoms. The summed E-state index contributed by atoms with van der Waals surface area (Å²) in [4.78, 5) is 3.67. The van der Waals surface area contributed by atoms with Crippen molar-refractivity contribution in [2.24, 2.45) is 0 Å². The Kier molecular flexibility index (Phi) is 1.96. The predicted molar refractivity (Wildman–Crippen MR) is 40.9 cm³/mol. The third-order valence-electron chi connectivity index (χ3n) is 1.39. The lowest BCUT2D eigenvalue weighted by Crippen LogP contribution is -2.00. The SMILES string of the molecule is CC(O)c1cc(O)cnc1N. The van der Waals surface area contributed by atoms with E-state index in [4.69, 9.17) is 15.9 Å². The highest BCUT2D eigenvalue weighted by Gasteiger charge is 2.06. The van der Waals surface area contributed by atoms with E-state index in [1.807, 2.05) is 0 Å². The Morgan fingerprint density at radius 3 is 2.73 bits per heavy atom. The van der Waals surface area contributed by atoms with Crippen molar-refractivity contribution in [2.75, 3.05) is 5.73 Å². The molecule has 1 unspecified atom stereocenters. The van der Waals surface area contributed by atoms with Crippen molar-refractivity contribution in [1.29, 1.82) is 0 Å². The van der Waals surface area contributed by atoms with Crippen LogP contribution < -0.4 is 5.73 Å². The normalized spacial score (nSPS) is 12.9. The third kappa shape index (κ3) is 1.59. The largest absolute Gasteiger partial charge is 0.506 e. The zero-order valence-electron chi connectivity index (χ0n) is 6.15. The Morgan fingerprint density at radius 2 is 2.27 bits per heavy atom. The van der Waals surface area contributed by atoms with Gasteiger partial charge in [-0.05, 0) is 13.0 Å². The second-order valence-electron chi connectivity index (χ2n) is 2.34. The van der Waals surface area contributed by atoms with Crippen LogP contribution in [-0.4, -0.2) is 15.2 Å². The van der Waals surface area contributed by atoms with Gasteiger partial charge in [0.25, 0.3) is 0 Å². The molecule has 1 aromatic rings. The van der Waals surface area contributed by atoms with Gasteiger partial charge in [0.15, 0.2) is 0 Å². The molecule has 0 aliphatic carbocycles. The first kappa shape index (κ1) is 7.81. The number of nitrogen functional groups attached to an aromatic ring is 1. The van der Waals surface area contributed by atoms with Crippen LogP contribution in [0.5, 0.6) is 5.75 Å². The molecule has 0 aliphatic heterocycles. The van der Waals surface area contributed by atoms with E-state index in [1.54, 1.807) is 6.92 Å². The number of aromatic nitrogens is 1. The van der Waals surface area contributed by atoms with Crippen molar-refractivity contribution in [3.63, 3.8) is 0 Å². The van der Waals surface area contributed by atoms with E-state index in [-0.39, 0.29) is 11.6 Å². The first-order valence-electron chi connectivity index (χ1n) is 3.23. The Hall–Kier alpha value is -1.29. The smallest absolute Gasteiger partial charge is 0.134 e. The van der Waals surface area contributed by atoms with Gasteiger partial charge in [-0.25, -0.2) is 4.98 Å². The maximum atomic E-state index is 9.10.